The van der Waals surface area contributed by atoms with E-state index in [1.165, 1.54) is 4.57 Å². The van der Waals surface area contributed by atoms with Crippen molar-refractivity contribution < 1.29 is 17.9 Å². The van der Waals surface area contributed by atoms with Gasteiger partial charge in [0.15, 0.2) is 0 Å². The van der Waals surface area contributed by atoms with Gasteiger partial charge in [-0.1, -0.05) is 42.5 Å². The first-order valence-electron chi connectivity index (χ1n) is 9.04. The number of ether oxygens (including phenoxy) is 1. The predicted molar refractivity (Wildman–Crippen MR) is 99.5 cm³/mol. The van der Waals surface area contributed by atoms with Crippen molar-refractivity contribution in [1.82, 2.24) is 9.47 Å². The minimum Gasteiger partial charge on any atom is -0.379 e. The number of fused-ring (bicyclic) bond motifs is 1. The van der Waals surface area contributed by atoms with Crippen LogP contribution < -0.4 is 0 Å². The van der Waals surface area contributed by atoms with E-state index in [1.54, 1.807) is 12.1 Å². The molecule has 3 nitrogen and oxygen atoms in total. The number of nitrogens with zero attached hydrogens (tertiary/aromatic N) is 2. The molecular formula is C21H21F3N2O. The Morgan fingerprint density at radius 1 is 0.926 bits per heavy atom. The molecule has 1 aromatic heterocycles. The normalized spacial score (nSPS) is 16.1. The Kier molecular flexibility index (Phi) is 4.93. The highest BCUT2D eigenvalue weighted by molar-refractivity contribution is 5.87. The van der Waals surface area contributed by atoms with E-state index < -0.39 is 12.7 Å². The topological polar surface area (TPSA) is 17.4 Å². The van der Waals surface area contributed by atoms with Gasteiger partial charge in [-0.3, -0.25) is 4.90 Å². The average Bonchev–Trinajstić information content (AvgIpc) is 3.00. The Hall–Kier alpha value is -2.31. The summed E-state index contributed by atoms with van der Waals surface area (Å²) in [6.45, 7) is 3.13. The minimum absolute atomic E-state index is 0.589. The number of morpholine rings is 1. The fraction of sp³-hybridized carbons (Fsp3) is 0.333. The van der Waals surface area contributed by atoms with Gasteiger partial charge in [-0.05, 0) is 23.3 Å². The second-order valence-corrected chi connectivity index (χ2v) is 6.88. The number of hydrogen-bond donors (Lipinski definition) is 0. The van der Waals surface area contributed by atoms with Crippen molar-refractivity contribution in [3.8, 4) is 11.3 Å². The minimum atomic E-state index is -4.27. The van der Waals surface area contributed by atoms with Gasteiger partial charge in [0.2, 0.25) is 0 Å². The Morgan fingerprint density at radius 3 is 2.33 bits per heavy atom. The number of para-hydroxylation sites is 1. The molecule has 0 spiro atoms. The molecule has 3 aromatic rings. The number of benzene rings is 2. The van der Waals surface area contributed by atoms with Crippen LogP contribution in [0.25, 0.3) is 22.2 Å². The molecule has 2 heterocycles. The van der Waals surface area contributed by atoms with Crippen LogP contribution in [0, 0.1) is 0 Å². The molecule has 4 rings (SSSR count). The van der Waals surface area contributed by atoms with Crippen LogP contribution in [-0.2, 0) is 17.8 Å². The largest absolute Gasteiger partial charge is 0.406 e. The average molecular weight is 374 g/mol. The molecule has 0 aliphatic carbocycles. The van der Waals surface area contributed by atoms with Crippen LogP contribution in [0.3, 0.4) is 0 Å². The summed E-state index contributed by atoms with van der Waals surface area (Å²) in [6.07, 6.45) is -4.27. The molecule has 1 fully saturated rings. The highest BCUT2D eigenvalue weighted by Gasteiger charge is 2.30. The third-order valence-corrected chi connectivity index (χ3v) is 4.91. The third kappa shape index (κ3) is 4.17. The molecule has 0 N–H and O–H groups in total. The summed E-state index contributed by atoms with van der Waals surface area (Å²) in [5.74, 6) is 0. The molecule has 1 saturated heterocycles. The number of hydrogen-bond acceptors (Lipinski definition) is 2. The zero-order chi connectivity index (χ0) is 18.9. The van der Waals surface area contributed by atoms with E-state index in [1.807, 2.05) is 42.5 Å². The maximum absolute atomic E-state index is 13.1. The third-order valence-electron chi connectivity index (χ3n) is 4.91. The fourth-order valence-electron chi connectivity index (χ4n) is 3.60. The lowest BCUT2D eigenvalue weighted by molar-refractivity contribution is -0.139. The van der Waals surface area contributed by atoms with Crippen molar-refractivity contribution in [2.75, 3.05) is 26.3 Å². The molecule has 0 atom stereocenters. The Bertz CT molecular complexity index is 909. The van der Waals surface area contributed by atoms with Crippen molar-refractivity contribution in [1.29, 1.82) is 0 Å². The Balaban J connectivity index is 1.64. The first kappa shape index (κ1) is 18.1. The van der Waals surface area contributed by atoms with Crippen LogP contribution >= 0.6 is 0 Å². The molecule has 0 radical (unpaired) electrons. The first-order chi connectivity index (χ1) is 13.0. The number of alkyl halides is 3. The van der Waals surface area contributed by atoms with E-state index in [9.17, 15) is 13.2 Å². The zero-order valence-corrected chi connectivity index (χ0v) is 14.9. The Labute approximate surface area is 156 Å². The van der Waals surface area contributed by atoms with Crippen molar-refractivity contribution in [2.45, 2.75) is 19.3 Å². The molecule has 0 saturated carbocycles. The summed E-state index contributed by atoms with van der Waals surface area (Å²) in [7, 11) is 0. The number of rotatable bonds is 4. The van der Waals surface area contributed by atoms with Gasteiger partial charge in [-0.25, -0.2) is 0 Å². The summed E-state index contributed by atoms with van der Waals surface area (Å²) in [5, 5.41) is 0.814. The standard InChI is InChI=1S/C21H21F3N2O/c22-21(23,24)15-26-19-4-2-1-3-18(19)13-20(26)17-7-5-16(6-8-17)14-25-9-11-27-12-10-25/h1-8,13H,9-12,14-15H2. The van der Waals surface area contributed by atoms with Crippen LogP contribution in [0.4, 0.5) is 13.2 Å². The Morgan fingerprint density at radius 2 is 1.63 bits per heavy atom. The van der Waals surface area contributed by atoms with E-state index >= 15 is 0 Å². The van der Waals surface area contributed by atoms with Gasteiger partial charge < -0.3 is 9.30 Å². The molecule has 142 valence electrons. The van der Waals surface area contributed by atoms with E-state index in [-0.39, 0.29) is 0 Å². The van der Waals surface area contributed by atoms with E-state index in [0.717, 1.165) is 49.4 Å². The molecule has 0 bridgehead atoms. The molecule has 1 aliphatic rings. The van der Waals surface area contributed by atoms with Crippen LogP contribution in [-0.4, -0.2) is 41.9 Å². The molecule has 27 heavy (non-hydrogen) atoms. The van der Waals surface area contributed by atoms with Crippen LogP contribution in [0.2, 0.25) is 0 Å². The second kappa shape index (κ2) is 7.37. The monoisotopic (exact) mass is 374 g/mol. The van der Waals surface area contributed by atoms with E-state index in [4.69, 9.17) is 4.74 Å². The molecule has 0 unspecified atom stereocenters. The number of aromatic nitrogens is 1. The second-order valence-electron chi connectivity index (χ2n) is 6.88. The van der Waals surface area contributed by atoms with E-state index in [0.29, 0.717) is 11.2 Å². The summed E-state index contributed by atoms with van der Waals surface area (Å²) in [6, 6.07) is 16.8. The predicted octanol–water partition coefficient (Wildman–Crippen LogP) is 4.70. The fourth-order valence-corrected chi connectivity index (χ4v) is 3.60. The van der Waals surface area contributed by atoms with Gasteiger partial charge >= 0.3 is 6.18 Å². The van der Waals surface area contributed by atoms with Crippen LogP contribution in [0.15, 0.2) is 54.6 Å². The maximum atomic E-state index is 13.1. The SMILES string of the molecule is FC(F)(F)Cn1c(-c2ccc(CN3CCOCC3)cc2)cc2ccccc21. The molecule has 0 amide bonds. The smallest absolute Gasteiger partial charge is 0.379 e. The molecular weight excluding hydrogens is 353 g/mol. The highest BCUT2D eigenvalue weighted by atomic mass is 19.4. The lowest BCUT2D eigenvalue weighted by atomic mass is 10.1. The maximum Gasteiger partial charge on any atom is 0.406 e. The number of halogens is 3. The van der Waals surface area contributed by atoms with Gasteiger partial charge in [0.25, 0.3) is 0 Å². The van der Waals surface area contributed by atoms with Gasteiger partial charge in [0, 0.05) is 36.2 Å². The van der Waals surface area contributed by atoms with Gasteiger partial charge in [0.05, 0.1) is 13.2 Å². The highest BCUT2D eigenvalue weighted by Crippen LogP contribution is 2.31. The lowest BCUT2D eigenvalue weighted by Crippen LogP contribution is -2.35. The van der Waals surface area contributed by atoms with Crippen molar-refractivity contribution in [3.63, 3.8) is 0 Å². The van der Waals surface area contributed by atoms with Crippen molar-refractivity contribution in [2.24, 2.45) is 0 Å². The van der Waals surface area contributed by atoms with E-state index in [2.05, 4.69) is 4.90 Å². The summed E-state index contributed by atoms with van der Waals surface area (Å²) in [4.78, 5) is 2.32. The summed E-state index contributed by atoms with van der Waals surface area (Å²) < 4.78 is 46.1. The molecule has 2 aromatic carbocycles. The van der Waals surface area contributed by atoms with Gasteiger partial charge in [-0.15, -0.1) is 0 Å². The van der Waals surface area contributed by atoms with Gasteiger partial charge in [0.1, 0.15) is 6.54 Å². The summed E-state index contributed by atoms with van der Waals surface area (Å²) >= 11 is 0. The van der Waals surface area contributed by atoms with Crippen LogP contribution in [0.5, 0.6) is 0 Å². The summed E-state index contributed by atoms with van der Waals surface area (Å²) in [5.41, 5.74) is 3.13. The van der Waals surface area contributed by atoms with Crippen molar-refractivity contribution >= 4 is 10.9 Å². The quantitative estimate of drug-likeness (QED) is 0.658. The lowest BCUT2D eigenvalue weighted by Gasteiger charge is -2.26. The molecule has 1 aliphatic heterocycles. The van der Waals surface area contributed by atoms with Crippen molar-refractivity contribution in [3.05, 3.63) is 60.2 Å². The van der Waals surface area contributed by atoms with Crippen LogP contribution in [0.1, 0.15) is 5.56 Å². The zero-order valence-electron chi connectivity index (χ0n) is 14.9. The first-order valence-corrected chi connectivity index (χ1v) is 9.04. The molecule has 6 heteroatoms. The van der Waals surface area contributed by atoms with Gasteiger partial charge in [-0.2, -0.15) is 13.2 Å².